The maximum absolute atomic E-state index is 12.9. The van der Waals surface area contributed by atoms with Gasteiger partial charge in [0, 0.05) is 17.7 Å². The number of nitrogens with zero attached hydrogens (tertiary/aromatic N) is 2. The lowest BCUT2D eigenvalue weighted by molar-refractivity contribution is -0.137. The lowest BCUT2D eigenvalue weighted by atomic mass is 10.0. The number of amides is 1. The summed E-state index contributed by atoms with van der Waals surface area (Å²) in [6.07, 6.45) is -4.18. The van der Waals surface area contributed by atoms with Gasteiger partial charge in [-0.2, -0.15) is 18.4 Å². The molecule has 1 amide bonds. The van der Waals surface area contributed by atoms with Crippen molar-refractivity contribution in [3.63, 3.8) is 0 Å². The first kappa shape index (κ1) is 17.0. The van der Waals surface area contributed by atoms with Crippen LogP contribution < -0.4 is 0 Å². The molecule has 2 aromatic carbocycles. The monoisotopic (exact) mass is 348 g/mol. The fraction of sp³-hybridized carbons (Fsp3) is 0.222. The highest BCUT2D eigenvalue weighted by Crippen LogP contribution is 2.38. The van der Waals surface area contributed by atoms with Crippen molar-refractivity contribution in [3.05, 3.63) is 70.5 Å². The quantitative estimate of drug-likeness (QED) is 0.784. The number of hydrogen-bond acceptors (Lipinski definition) is 2. The molecule has 1 heterocycles. The Morgan fingerprint density at radius 1 is 1.12 bits per heavy atom. The SMILES string of the molecule is N#CC1c2cc(C(F)(F)F)ccc2C(=O)N1CCc1ccc(F)cc1. The van der Waals surface area contributed by atoms with Crippen molar-refractivity contribution in [1.82, 2.24) is 4.90 Å². The molecule has 1 unspecified atom stereocenters. The predicted octanol–water partition coefficient (Wildman–Crippen LogP) is 4.11. The van der Waals surface area contributed by atoms with Gasteiger partial charge in [-0.3, -0.25) is 4.79 Å². The van der Waals surface area contributed by atoms with Crippen LogP contribution in [0.3, 0.4) is 0 Å². The van der Waals surface area contributed by atoms with Gasteiger partial charge in [-0.25, -0.2) is 4.39 Å². The molecule has 1 aliphatic heterocycles. The summed E-state index contributed by atoms with van der Waals surface area (Å²) < 4.78 is 51.5. The van der Waals surface area contributed by atoms with Crippen molar-refractivity contribution < 1.29 is 22.4 Å². The van der Waals surface area contributed by atoms with E-state index in [1.54, 1.807) is 12.1 Å². The highest BCUT2D eigenvalue weighted by atomic mass is 19.4. The van der Waals surface area contributed by atoms with Crippen molar-refractivity contribution in [3.8, 4) is 6.07 Å². The van der Waals surface area contributed by atoms with Gasteiger partial charge in [0.25, 0.3) is 5.91 Å². The fourth-order valence-electron chi connectivity index (χ4n) is 2.87. The lowest BCUT2D eigenvalue weighted by Gasteiger charge is -2.20. The van der Waals surface area contributed by atoms with Gasteiger partial charge in [0.2, 0.25) is 0 Å². The summed E-state index contributed by atoms with van der Waals surface area (Å²) in [5.41, 5.74) is 0.0533. The van der Waals surface area contributed by atoms with Crippen LogP contribution in [0.25, 0.3) is 0 Å². The Kier molecular flexibility index (Phi) is 4.21. The summed E-state index contributed by atoms with van der Waals surface area (Å²) in [6, 6.07) is 9.35. The number of carbonyl (C=O) groups excluding carboxylic acids is 1. The minimum Gasteiger partial charge on any atom is -0.318 e. The van der Waals surface area contributed by atoms with E-state index < -0.39 is 23.7 Å². The van der Waals surface area contributed by atoms with Crippen molar-refractivity contribution in [2.45, 2.75) is 18.6 Å². The van der Waals surface area contributed by atoms with Crippen molar-refractivity contribution in [1.29, 1.82) is 5.26 Å². The number of nitriles is 1. The average Bonchev–Trinajstić information content (AvgIpc) is 2.84. The first-order valence-electron chi connectivity index (χ1n) is 7.47. The molecule has 0 saturated heterocycles. The highest BCUT2D eigenvalue weighted by molar-refractivity contribution is 5.99. The summed E-state index contributed by atoms with van der Waals surface area (Å²) in [4.78, 5) is 13.7. The molecule has 3 nitrogen and oxygen atoms in total. The number of benzene rings is 2. The van der Waals surface area contributed by atoms with Gasteiger partial charge in [0.05, 0.1) is 11.6 Å². The zero-order chi connectivity index (χ0) is 18.2. The summed E-state index contributed by atoms with van der Waals surface area (Å²) in [5, 5.41) is 9.35. The first-order chi connectivity index (χ1) is 11.8. The molecule has 128 valence electrons. The number of fused-ring (bicyclic) bond motifs is 1. The largest absolute Gasteiger partial charge is 0.416 e. The van der Waals surface area contributed by atoms with Gasteiger partial charge in [0.15, 0.2) is 0 Å². The summed E-state index contributed by atoms with van der Waals surface area (Å²) in [7, 11) is 0. The molecule has 0 spiro atoms. The Bertz CT molecular complexity index is 853. The van der Waals surface area contributed by atoms with Gasteiger partial charge in [-0.15, -0.1) is 0 Å². The third kappa shape index (κ3) is 3.20. The number of hydrogen-bond donors (Lipinski definition) is 0. The van der Waals surface area contributed by atoms with E-state index >= 15 is 0 Å². The van der Waals surface area contributed by atoms with Crippen LogP contribution in [0.4, 0.5) is 17.6 Å². The molecule has 0 fully saturated rings. The van der Waals surface area contributed by atoms with Crippen molar-refractivity contribution in [2.75, 3.05) is 6.54 Å². The molecular formula is C18H12F4N2O. The standard InChI is InChI=1S/C18H12F4N2O/c19-13-4-1-11(2-5-13)7-8-24-16(10-23)15-9-12(18(20,21)22)3-6-14(15)17(24)25/h1-6,9,16H,7-8H2. The second kappa shape index (κ2) is 6.20. The normalized spacial score (nSPS) is 16.7. The summed E-state index contributed by atoms with van der Waals surface area (Å²) in [5.74, 6) is -0.861. The summed E-state index contributed by atoms with van der Waals surface area (Å²) in [6.45, 7) is 0.152. The zero-order valence-electron chi connectivity index (χ0n) is 12.8. The van der Waals surface area contributed by atoms with Crippen LogP contribution in [0, 0.1) is 17.1 Å². The zero-order valence-corrected chi connectivity index (χ0v) is 12.8. The van der Waals surface area contributed by atoms with Gasteiger partial charge in [0.1, 0.15) is 11.9 Å². The molecular weight excluding hydrogens is 336 g/mol. The Morgan fingerprint density at radius 2 is 1.80 bits per heavy atom. The molecule has 0 saturated carbocycles. The number of alkyl halides is 3. The van der Waals surface area contributed by atoms with E-state index in [1.165, 1.54) is 17.0 Å². The second-order valence-corrected chi connectivity index (χ2v) is 5.71. The molecule has 0 radical (unpaired) electrons. The third-order valence-corrected chi connectivity index (χ3v) is 4.15. The minimum absolute atomic E-state index is 0.0708. The van der Waals surface area contributed by atoms with Gasteiger partial charge >= 0.3 is 6.18 Å². The molecule has 0 N–H and O–H groups in total. The van der Waals surface area contributed by atoms with Crippen LogP contribution in [0.5, 0.6) is 0 Å². The van der Waals surface area contributed by atoms with E-state index in [2.05, 4.69) is 0 Å². The Labute approximate surface area is 141 Å². The van der Waals surface area contributed by atoms with Gasteiger partial charge < -0.3 is 4.90 Å². The Morgan fingerprint density at radius 3 is 2.40 bits per heavy atom. The van der Waals surface area contributed by atoms with Gasteiger partial charge in [-0.05, 0) is 42.3 Å². The highest BCUT2D eigenvalue weighted by Gasteiger charge is 2.39. The average molecular weight is 348 g/mol. The molecule has 1 aliphatic rings. The maximum Gasteiger partial charge on any atom is 0.416 e. The predicted molar refractivity (Wildman–Crippen MR) is 80.9 cm³/mol. The molecule has 25 heavy (non-hydrogen) atoms. The van der Waals surface area contributed by atoms with Crippen LogP contribution in [-0.2, 0) is 12.6 Å². The molecule has 3 rings (SSSR count). The van der Waals surface area contributed by atoms with Crippen LogP contribution >= 0.6 is 0 Å². The van der Waals surface area contributed by atoms with Gasteiger partial charge in [-0.1, -0.05) is 12.1 Å². The van der Waals surface area contributed by atoms with E-state index in [0.29, 0.717) is 6.42 Å². The lowest BCUT2D eigenvalue weighted by Crippen LogP contribution is -2.29. The molecule has 7 heteroatoms. The topological polar surface area (TPSA) is 44.1 Å². The smallest absolute Gasteiger partial charge is 0.318 e. The second-order valence-electron chi connectivity index (χ2n) is 5.71. The number of halogens is 4. The van der Waals surface area contributed by atoms with E-state index in [-0.39, 0.29) is 23.5 Å². The van der Waals surface area contributed by atoms with Crippen LogP contribution in [-0.4, -0.2) is 17.4 Å². The number of rotatable bonds is 3. The van der Waals surface area contributed by atoms with Crippen LogP contribution in [0.1, 0.15) is 33.1 Å². The fourth-order valence-corrected chi connectivity index (χ4v) is 2.87. The molecule has 1 atom stereocenters. The van der Waals surface area contributed by atoms with E-state index in [0.717, 1.165) is 23.8 Å². The van der Waals surface area contributed by atoms with Crippen LogP contribution in [0.2, 0.25) is 0 Å². The molecule has 0 aromatic heterocycles. The minimum atomic E-state index is -4.54. The Balaban J connectivity index is 1.85. The Hall–Kier alpha value is -2.88. The van der Waals surface area contributed by atoms with Crippen molar-refractivity contribution >= 4 is 5.91 Å². The van der Waals surface area contributed by atoms with E-state index in [1.807, 2.05) is 6.07 Å². The number of carbonyl (C=O) groups is 1. The van der Waals surface area contributed by atoms with Crippen LogP contribution in [0.15, 0.2) is 42.5 Å². The molecule has 0 aliphatic carbocycles. The maximum atomic E-state index is 12.9. The first-order valence-corrected chi connectivity index (χ1v) is 7.47. The molecule has 0 bridgehead atoms. The third-order valence-electron chi connectivity index (χ3n) is 4.15. The summed E-state index contributed by atoms with van der Waals surface area (Å²) >= 11 is 0. The van der Waals surface area contributed by atoms with E-state index in [9.17, 15) is 27.6 Å². The van der Waals surface area contributed by atoms with Crippen molar-refractivity contribution in [2.24, 2.45) is 0 Å². The molecule has 2 aromatic rings. The van der Waals surface area contributed by atoms with E-state index in [4.69, 9.17) is 0 Å².